The molecule has 1 aromatic heterocycles. The van der Waals surface area contributed by atoms with Crippen molar-refractivity contribution in [1.82, 2.24) is 10.2 Å². The average molecular weight is 296 g/mol. The highest BCUT2D eigenvalue weighted by Crippen LogP contribution is 2.23. The fourth-order valence-corrected chi connectivity index (χ4v) is 2.77. The van der Waals surface area contributed by atoms with Gasteiger partial charge in [-0.3, -0.25) is 0 Å². The third-order valence-corrected chi connectivity index (χ3v) is 4.51. The Bertz CT molecular complexity index is 514. The summed E-state index contributed by atoms with van der Waals surface area (Å²) in [7, 11) is 0. The SMILES string of the molecule is CC[C@H](O)c1ccc(OCc2nnc(SC)s2)cc1. The Labute approximate surface area is 120 Å². The second kappa shape index (κ2) is 6.88. The van der Waals surface area contributed by atoms with E-state index in [1.54, 1.807) is 11.8 Å². The molecule has 0 bridgehead atoms. The predicted octanol–water partition coefficient (Wildman–Crippen LogP) is 3.28. The molecule has 1 heterocycles. The Morgan fingerprint density at radius 1 is 1.32 bits per heavy atom. The lowest BCUT2D eigenvalue weighted by molar-refractivity contribution is 0.173. The summed E-state index contributed by atoms with van der Waals surface area (Å²) >= 11 is 3.12. The maximum atomic E-state index is 9.70. The maximum absolute atomic E-state index is 9.70. The van der Waals surface area contributed by atoms with E-state index in [1.807, 2.05) is 37.4 Å². The summed E-state index contributed by atoms with van der Waals surface area (Å²) in [4.78, 5) is 0. The molecule has 0 saturated carbocycles. The highest BCUT2D eigenvalue weighted by molar-refractivity contribution is 8.00. The molecule has 19 heavy (non-hydrogen) atoms. The van der Waals surface area contributed by atoms with Crippen LogP contribution in [0.4, 0.5) is 0 Å². The first-order valence-corrected chi connectivity index (χ1v) is 8.04. The van der Waals surface area contributed by atoms with Crippen molar-refractivity contribution in [2.75, 3.05) is 6.26 Å². The van der Waals surface area contributed by atoms with Gasteiger partial charge in [0.2, 0.25) is 0 Å². The minimum atomic E-state index is -0.402. The first-order chi connectivity index (χ1) is 9.22. The third-order valence-electron chi connectivity index (χ3n) is 2.64. The van der Waals surface area contributed by atoms with E-state index in [-0.39, 0.29) is 0 Å². The standard InChI is InChI=1S/C13H16N2O2S2/c1-3-11(16)9-4-6-10(7-5-9)17-8-12-14-15-13(18-2)19-12/h4-7,11,16H,3,8H2,1-2H3/t11-/m0/s1. The van der Waals surface area contributed by atoms with E-state index in [2.05, 4.69) is 10.2 Å². The van der Waals surface area contributed by atoms with Gasteiger partial charge in [0.25, 0.3) is 0 Å². The van der Waals surface area contributed by atoms with Crippen LogP contribution in [0.15, 0.2) is 28.6 Å². The fourth-order valence-electron chi connectivity index (χ4n) is 1.55. The molecule has 6 heteroatoms. The molecule has 4 nitrogen and oxygen atoms in total. The molecule has 0 amide bonds. The fraction of sp³-hybridized carbons (Fsp3) is 0.385. The van der Waals surface area contributed by atoms with Crippen LogP contribution in [-0.4, -0.2) is 21.6 Å². The van der Waals surface area contributed by atoms with Crippen LogP contribution in [-0.2, 0) is 6.61 Å². The average Bonchev–Trinajstić information content (AvgIpc) is 2.93. The normalized spacial score (nSPS) is 12.4. The van der Waals surface area contributed by atoms with Gasteiger partial charge in [0.15, 0.2) is 9.35 Å². The van der Waals surface area contributed by atoms with Gasteiger partial charge < -0.3 is 9.84 Å². The highest BCUT2D eigenvalue weighted by Gasteiger charge is 2.06. The molecule has 0 radical (unpaired) electrons. The molecule has 0 unspecified atom stereocenters. The number of rotatable bonds is 6. The number of aliphatic hydroxyl groups excluding tert-OH is 1. The summed E-state index contributed by atoms with van der Waals surface area (Å²) < 4.78 is 6.58. The van der Waals surface area contributed by atoms with E-state index in [0.29, 0.717) is 13.0 Å². The van der Waals surface area contributed by atoms with Crippen LogP contribution in [0.5, 0.6) is 5.75 Å². The Kier molecular flexibility index (Phi) is 5.18. The minimum absolute atomic E-state index is 0.402. The van der Waals surface area contributed by atoms with E-state index in [0.717, 1.165) is 20.7 Å². The summed E-state index contributed by atoms with van der Waals surface area (Å²) in [6.07, 6.45) is 2.28. The van der Waals surface area contributed by atoms with Gasteiger partial charge >= 0.3 is 0 Å². The Hall–Kier alpha value is -1.11. The van der Waals surface area contributed by atoms with Crippen molar-refractivity contribution in [3.63, 3.8) is 0 Å². The zero-order valence-electron chi connectivity index (χ0n) is 10.9. The monoisotopic (exact) mass is 296 g/mol. The lowest BCUT2D eigenvalue weighted by Crippen LogP contribution is -1.97. The molecule has 2 rings (SSSR count). The first kappa shape index (κ1) is 14.3. The van der Waals surface area contributed by atoms with Gasteiger partial charge in [0.1, 0.15) is 12.4 Å². The number of aliphatic hydroxyl groups is 1. The van der Waals surface area contributed by atoms with Crippen molar-refractivity contribution >= 4 is 23.1 Å². The van der Waals surface area contributed by atoms with Crippen LogP contribution in [0.25, 0.3) is 0 Å². The number of benzene rings is 1. The highest BCUT2D eigenvalue weighted by atomic mass is 32.2. The van der Waals surface area contributed by atoms with Crippen molar-refractivity contribution in [2.24, 2.45) is 0 Å². The molecule has 2 aromatic rings. The number of hydrogen-bond donors (Lipinski definition) is 1. The van der Waals surface area contributed by atoms with Crippen LogP contribution in [0.3, 0.4) is 0 Å². The maximum Gasteiger partial charge on any atom is 0.174 e. The van der Waals surface area contributed by atoms with Gasteiger partial charge in [-0.2, -0.15) is 0 Å². The van der Waals surface area contributed by atoms with E-state index in [9.17, 15) is 5.11 Å². The number of aromatic nitrogens is 2. The number of nitrogens with zero attached hydrogens (tertiary/aromatic N) is 2. The van der Waals surface area contributed by atoms with E-state index in [4.69, 9.17) is 4.74 Å². The van der Waals surface area contributed by atoms with Gasteiger partial charge in [-0.05, 0) is 30.4 Å². The molecular weight excluding hydrogens is 280 g/mol. The van der Waals surface area contributed by atoms with E-state index in [1.165, 1.54) is 11.3 Å². The van der Waals surface area contributed by atoms with Crippen molar-refractivity contribution in [1.29, 1.82) is 0 Å². The molecule has 0 aliphatic rings. The largest absolute Gasteiger partial charge is 0.486 e. The predicted molar refractivity (Wildman–Crippen MR) is 77.7 cm³/mol. The van der Waals surface area contributed by atoms with Gasteiger partial charge in [-0.15, -0.1) is 10.2 Å². The summed E-state index contributed by atoms with van der Waals surface area (Å²) in [6.45, 7) is 2.38. The second-order valence-electron chi connectivity index (χ2n) is 3.95. The molecular formula is C13H16N2O2S2. The molecule has 1 aromatic carbocycles. The van der Waals surface area contributed by atoms with Crippen molar-refractivity contribution in [3.05, 3.63) is 34.8 Å². The van der Waals surface area contributed by atoms with Gasteiger partial charge in [-0.25, -0.2) is 0 Å². The van der Waals surface area contributed by atoms with Gasteiger partial charge in [-0.1, -0.05) is 42.2 Å². The summed E-state index contributed by atoms with van der Waals surface area (Å²) in [5, 5.41) is 18.6. The molecule has 102 valence electrons. The number of thioether (sulfide) groups is 1. The molecule has 0 saturated heterocycles. The molecule has 0 fully saturated rings. The van der Waals surface area contributed by atoms with Crippen molar-refractivity contribution in [3.8, 4) is 5.75 Å². The van der Waals surface area contributed by atoms with Crippen LogP contribution in [0, 0.1) is 0 Å². The van der Waals surface area contributed by atoms with Crippen LogP contribution in [0.1, 0.15) is 30.0 Å². The second-order valence-corrected chi connectivity index (χ2v) is 6.06. The Morgan fingerprint density at radius 2 is 2.05 bits per heavy atom. The zero-order chi connectivity index (χ0) is 13.7. The van der Waals surface area contributed by atoms with Crippen molar-refractivity contribution < 1.29 is 9.84 Å². The topological polar surface area (TPSA) is 55.2 Å². The molecule has 0 aliphatic heterocycles. The van der Waals surface area contributed by atoms with Gasteiger partial charge in [0, 0.05) is 0 Å². The van der Waals surface area contributed by atoms with Crippen LogP contribution < -0.4 is 4.74 Å². The molecule has 0 spiro atoms. The first-order valence-electron chi connectivity index (χ1n) is 6.00. The zero-order valence-corrected chi connectivity index (χ0v) is 12.5. The summed E-state index contributed by atoms with van der Waals surface area (Å²) in [5.74, 6) is 0.771. The molecule has 0 aliphatic carbocycles. The quantitative estimate of drug-likeness (QED) is 0.829. The molecule has 1 atom stereocenters. The van der Waals surface area contributed by atoms with Gasteiger partial charge in [0.05, 0.1) is 6.10 Å². The van der Waals surface area contributed by atoms with Crippen LogP contribution in [0.2, 0.25) is 0 Å². The Balaban J connectivity index is 1.92. The minimum Gasteiger partial charge on any atom is -0.486 e. The summed E-state index contributed by atoms with van der Waals surface area (Å²) in [6, 6.07) is 7.50. The molecule has 1 N–H and O–H groups in total. The lowest BCUT2D eigenvalue weighted by Gasteiger charge is -2.09. The number of ether oxygens (including phenoxy) is 1. The van der Waals surface area contributed by atoms with E-state index >= 15 is 0 Å². The lowest BCUT2D eigenvalue weighted by atomic mass is 10.1. The number of hydrogen-bond acceptors (Lipinski definition) is 6. The third kappa shape index (κ3) is 3.92. The summed E-state index contributed by atoms with van der Waals surface area (Å²) in [5.41, 5.74) is 0.912. The Morgan fingerprint density at radius 3 is 2.63 bits per heavy atom. The smallest absolute Gasteiger partial charge is 0.174 e. The van der Waals surface area contributed by atoms with Crippen LogP contribution >= 0.6 is 23.1 Å². The van der Waals surface area contributed by atoms with E-state index < -0.39 is 6.10 Å². The van der Waals surface area contributed by atoms with Crippen molar-refractivity contribution in [2.45, 2.75) is 30.4 Å².